The highest BCUT2D eigenvalue weighted by molar-refractivity contribution is 14.0. The van der Waals surface area contributed by atoms with Crippen LogP contribution in [0.25, 0.3) is 0 Å². The molecule has 0 aromatic heterocycles. The van der Waals surface area contributed by atoms with Crippen molar-refractivity contribution in [1.82, 2.24) is 15.5 Å². The third-order valence-electron chi connectivity index (χ3n) is 3.76. The van der Waals surface area contributed by atoms with Crippen LogP contribution in [0.15, 0.2) is 29.3 Å². The van der Waals surface area contributed by atoms with Crippen molar-refractivity contribution >= 4 is 29.9 Å². The quantitative estimate of drug-likeness (QED) is 0.204. The molecule has 28 heavy (non-hydrogen) atoms. The maximum Gasteiger partial charge on any atom is 0.573 e. The van der Waals surface area contributed by atoms with E-state index in [2.05, 4.69) is 32.3 Å². The van der Waals surface area contributed by atoms with Crippen LogP contribution in [0.3, 0.4) is 0 Å². The lowest BCUT2D eigenvalue weighted by atomic mass is 10.1. The monoisotopic (exact) mass is 518 g/mol. The molecule has 0 bridgehead atoms. The summed E-state index contributed by atoms with van der Waals surface area (Å²) in [6.45, 7) is 3.97. The molecule has 0 radical (unpaired) electrons. The van der Waals surface area contributed by atoms with Gasteiger partial charge < -0.3 is 25.0 Å². The second kappa shape index (κ2) is 14.7. The molecule has 2 N–H and O–H groups in total. The molecule has 0 saturated heterocycles. The molecule has 162 valence electrons. The summed E-state index contributed by atoms with van der Waals surface area (Å²) >= 11 is 0. The van der Waals surface area contributed by atoms with Gasteiger partial charge in [-0.2, -0.15) is 0 Å². The number of benzene rings is 1. The number of nitrogens with one attached hydrogen (secondary N) is 2. The van der Waals surface area contributed by atoms with Gasteiger partial charge in [-0.25, -0.2) is 0 Å². The molecule has 6 nitrogen and oxygen atoms in total. The van der Waals surface area contributed by atoms with E-state index in [0.29, 0.717) is 18.9 Å². The number of nitrogens with zero attached hydrogens (tertiary/aromatic N) is 2. The first-order valence-electron chi connectivity index (χ1n) is 8.80. The Labute approximate surface area is 181 Å². The first-order valence-corrected chi connectivity index (χ1v) is 8.80. The van der Waals surface area contributed by atoms with Crippen molar-refractivity contribution in [2.45, 2.75) is 19.2 Å². The Morgan fingerprint density at radius 2 is 1.75 bits per heavy atom. The summed E-state index contributed by atoms with van der Waals surface area (Å²) in [5.74, 6) is 0.476. The van der Waals surface area contributed by atoms with Crippen LogP contribution in [0.2, 0.25) is 0 Å². The number of likely N-dealkylation sites (N-methyl/N-ethyl adjacent to an activating group) is 1. The van der Waals surface area contributed by atoms with Gasteiger partial charge in [0.1, 0.15) is 5.75 Å². The predicted molar refractivity (Wildman–Crippen MR) is 116 cm³/mol. The Morgan fingerprint density at radius 3 is 2.32 bits per heavy atom. The van der Waals surface area contributed by atoms with Crippen molar-refractivity contribution in [3.05, 3.63) is 29.8 Å². The van der Waals surface area contributed by atoms with Gasteiger partial charge in [0.15, 0.2) is 5.96 Å². The number of ether oxygens (including phenoxy) is 2. The Hall–Kier alpha value is -1.27. The zero-order valence-electron chi connectivity index (χ0n) is 16.5. The third-order valence-corrected chi connectivity index (χ3v) is 3.76. The normalized spacial score (nSPS) is 11.9. The van der Waals surface area contributed by atoms with Gasteiger partial charge in [-0.05, 0) is 37.6 Å². The maximum atomic E-state index is 12.1. The lowest BCUT2D eigenvalue weighted by molar-refractivity contribution is -0.274. The van der Waals surface area contributed by atoms with Crippen molar-refractivity contribution in [2.75, 3.05) is 54.0 Å². The largest absolute Gasteiger partial charge is 0.573 e. The second-order valence-electron chi connectivity index (χ2n) is 6.02. The predicted octanol–water partition coefficient (Wildman–Crippen LogP) is 2.88. The molecule has 10 heteroatoms. The standard InChI is InChI=1S/C18H29F3N4O2.HI/c1-22-17(24-11-13-25(2)12-4-14-26-3)23-10-9-15-5-7-16(8-6-15)27-18(19,20)21;/h5-8H,4,9-14H2,1-3H3,(H2,22,23,24);1H. The highest BCUT2D eigenvalue weighted by Crippen LogP contribution is 2.22. The molecule has 0 fully saturated rings. The maximum absolute atomic E-state index is 12.1. The number of halogens is 4. The lowest BCUT2D eigenvalue weighted by Crippen LogP contribution is -2.41. The molecule has 1 aromatic carbocycles. The summed E-state index contributed by atoms with van der Waals surface area (Å²) in [5.41, 5.74) is 0.908. The van der Waals surface area contributed by atoms with Gasteiger partial charge in [-0.15, -0.1) is 37.1 Å². The Bertz CT molecular complexity index is 557. The van der Waals surface area contributed by atoms with Crippen LogP contribution >= 0.6 is 24.0 Å². The van der Waals surface area contributed by atoms with E-state index in [4.69, 9.17) is 4.74 Å². The Balaban J connectivity index is 0.00000729. The van der Waals surface area contributed by atoms with Crippen molar-refractivity contribution in [2.24, 2.45) is 4.99 Å². The SMILES string of the molecule is CN=C(NCCc1ccc(OC(F)(F)F)cc1)NCCN(C)CCCOC.I. The van der Waals surface area contributed by atoms with Crippen LogP contribution < -0.4 is 15.4 Å². The zero-order valence-corrected chi connectivity index (χ0v) is 18.8. The van der Waals surface area contributed by atoms with Crippen molar-refractivity contribution in [3.63, 3.8) is 0 Å². The Kier molecular flexibility index (Phi) is 14.0. The molecule has 0 aliphatic rings. The van der Waals surface area contributed by atoms with Gasteiger partial charge in [-0.1, -0.05) is 12.1 Å². The van der Waals surface area contributed by atoms with Crippen LogP contribution in [0.4, 0.5) is 13.2 Å². The summed E-state index contributed by atoms with van der Waals surface area (Å²) in [6.07, 6.45) is -3.02. The molecule has 0 unspecified atom stereocenters. The van der Waals surface area contributed by atoms with E-state index in [1.54, 1.807) is 26.3 Å². The first kappa shape index (κ1) is 26.7. The summed E-state index contributed by atoms with van der Waals surface area (Å²) < 4.78 is 45.3. The fourth-order valence-electron chi connectivity index (χ4n) is 2.36. The zero-order chi connectivity index (χ0) is 20.1. The molecule has 1 rings (SSSR count). The van der Waals surface area contributed by atoms with E-state index < -0.39 is 6.36 Å². The molecule has 0 atom stereocenters. The number of hydrogen-bond acceptors (Lipinski definition) is 4. The number of rotatable bonds is 11. The molecule has 0 heterocycles. The number of guanidine groups is 1. The lowest BCUT2D eigenvalue weighted by Gasteiger charge is -2.18. The summed E-state index contributed by atoms with van der Waals surface area (Å²) in [4.78, 5) is 6.37. The van der Waals surface area contributed by atoms with E-state index in [-0.39, 0.29) is 29.7 Å². The van der Waals surface area contributed by atoms with Crippen LogP contribution in [0.1, 0.15) is 12.0 Å². The van der Waals surface area contributed by atoms with E-state index in [1.165, 1.54) is 12.1 Å². The van der Waals surface area contributed by atoms with Crippen molar-refractivity contribution in [1.29, 1.82) is 0 Å². The van der Waals surface area contributed by atoms with Gasteiger partial charge in [0.2, 0.25) is 0 Å². The van der Waals surface area contributed by atoms with Crippen LogP contribution in [-0.4, -0.2) is 71.2 Å². The smallest absolute Gasteiger partial charge is 0.406 e. The van der Waals surface area contributed by atoms with E-state index in [9.17, 15) is 13.2 Å². The minimum absolute atomic E-state index is 0. The van der Waals surface area contributed by atoms with Crippen molar-refractivity contribution in [3.8, 4) is 5.75 Å². The highest BCUT2D eigenvalue weighted by Gasteiger charge is 2.30. The van der Waals surface area contributed by atoms with Gasteiger partial charge in [-0.3, -0.25) is 4.99 Å². The minimum Gasteiger partial charge on any atom is -0.406 e. The summed E-state index contributed by atoms with van der Waals surface area (Å²) in [5, 5.41) is 6.42. The average molecular weight is 518 g/mol. The van der Waals surface area contributed by atoms with Crippen LogP contribution in [0.5, 0.6) is 5.75 Å². The molecular formula is C18H30F3IN4O2. The average Bonchev–Trinajstić information content (AvgIpc) is 2.61. The first-order chi connectivity index (χ1) is 12.8. The number of alkyl halides is 3. The van der Waals surface area contributed by atoms with E-state index in [1.807, 2.05) is 0 Å². The molecule has 0 amide bonds. The molecule has 0 spiro atoms. The van der Waals surface area contributed by atoms with E-state index in [0.717, 1.165) is 38.2 Å². The minimum atomic E-state index is -4.67. The molecule has 0 aliphatic carbocycles. The van der Waals surface area contributed by atoms with Gasteiger partial charge in [0, 0.05) is 46.9 Å². The molecule has 0 saturated carbocycles. The van der Waals surface area contributed by atoms with E-state index >= 15 is 0 Å². The topological polar surface area (TPSA) is 58.1 Å². The summed E-state index contributed by atoms with van der Waals surface area (Å²) in [7, 11) is 5.45. The van der Waals surface area contributed by atoms with Crippen LogP contribution in [-0.2, 0) is 11.2 Å². The number of aliphatic imine (C=N–C) groups is 1. The van der Waals surface area contributed by atoms with Crippen molar-refractivity contribution < 1.29 is 22.6 Å². The third kappa shape index (κ3) is 13.0. The Morgan fingerprint density at radius 1 is 1.11 bits per heavy atom. The van der Waals surface area contributed by atoms with Gasteiger partial charge in [0.25, 0.3) is 0 Å². The van der Waals surface area contributed by atoms with Gasteiger partial charge >= 0.3 is 6.36 Å². The van der Waals surface area contributed by atoms with Crippen LogP contribution in [0, 0.1) is 0 Å². The highest BCUT2D eigenvalue weighted by atomic mass is 127. The second-order valence-corrected chi connectivity index (χ2v) is 6.02. The van der Waals surface area contributed by atoms with Gasteiger partial charge in [0.05, 0.1) is 0 Å². The number of methoxy groups -OCH3 is 1. The fourth-order valence-corrected chi connectivity index (χ4v) is 2.36. The molecular weight excluding hydrogens is 488 g/mol. The summed E-state index contributed by atoms with van der Waals surface area (Å²) in [6, 6.07) is 5.87. The molecule has 1 aromatic rings. The molecule has 0 aliphatic heterocycles. The number of hydrogen-bond donors (Lipinski definition) is 2. The fraction of sp³-hybridized carbons (Fsp3) is 0.611.